The average molecular weight is 325 g/mol. The Kier molecular flexibility index (Phi) is 4.37. The SMILES string of the molecule is COC(=O)c1ccc(F)c(CNc2nc3ccccc3nc2C)c1. The van der Waals surface area contributed by atoms with Gasteiger partial charge in [-0.05, 0) is 37.3 Å². The monoisotopic (exact) mass is 325 g/mol. The van der Waals surface area contributed by atoms with Crippen molar-refractivity contribution in [1.29, 1.82) is 0 Å². The Morgan fingerprint density at radius 3 is 2.58 bits per heavy atom. The number of aryl methyl sites for hydroxylation is 1. The largest absolute Gasteiger partial charge is 0.465 e. The topological polar surface area (TPSA) is 64.1 Å². The molecule has 24 heavy (non-hydrogen) atoms. The van der Waals surface area contributed by atoms with E-state index in [1.165, 1.54) is 25.3 Å². The highest BCUT2D eigenvalue weighted by atomic mass is 19.1. The molecule has 122 valence electrons. The maximum absolute atomic E-state index is 14.0. The van der Waals surface area contributed by atoms with Gasteiger partial charge >= 0.3 is 5.97 Å². The molecule has 0 aliphatic heterocycles. The molecule has 0 aliphatic rings. The van der Waals surface area contributed by atoms with Crippen LogP contribution < -0.4 is 5.32 Å². The molecular weight excluding hydrogens is 309 g/mol. The van der Waals surface area contributed by atoms with Crippen LogP contribution in [0.2, 0.25) is 0 Å². The summed E-state index contributed by atoms with van der Waals surface area (Å²) in [7, 11) is 1.29. The Balaban J connectivity index is 1.85. The fourth-order valence-corrected chi connectivity index (χ4v) is 2.39. The molecule has 0 saturated carbocycles. The zero-order chi connectivity index (χ0) is 17.1. The summed E-state index contributed by atoms with van der Waals surface area (Å²) in [5.41, 5.74) is 2.94. The predicted octanol–water partition coefficient (Wildman–Crippen LogP) is 3.48. The molecule has 0 aliphatic carbocycles. The Morgan fingerprint density at radius 2 is 1.88 bits per heavy atom. The number of fused-ring (bicyclic) bond motifs is 1. The number of methoxy groups -OCH3 is 1. The number of anilines is 1. The first-order valence-corrected chi connectivity index (χ1v) is 7.42. The first-order chi connectivity index (χ1) is 11.6. The van der Waals surface area contributed by atoms with Gasteiger partial charge in [-0.2, -0.15) is 0 Å². The van der Waals surface area contributed by atoms with Crippen LogP contribution in [0.15, 0.2) is 42.5 Å². The first kappa shape index (κ1) is 15.9. The maximum atomic E-state index is 14.0. The number of halogens is 1. The van der Waals surface area contributed by atoms with Gasteiger partial charge in [-0.1, -0.05) is 12.1 Å². The number of nitrogens with one attached hydrogen (secondary N) is 1. The molecule has 2 aromatic carbocycles. The lowest BCUT2D eigenvalue weighted by Gasteiger charge is -2.11. The van der Waals surface area contributed by atoms with Crippen LogP contribution in [0.25, 0.3) is 11.0 Å². The molecule has 3 rings (SSSR count). The Labute approximate surface area is 138 Å². The second-order valence-corrected chi connectivity index (χ2v) is 5.30. The summed E-state index contributed by atoms with van der Waals surface area (Å²) in [6, 6.07) is 11.7. The van der Waals surface area contributed by atoms with Gasteiger partial charge < -0.3 is 10.1 Å². The third kappa shape index (κ3) is 3.17. The van der Waals surface area contributed by atoms with Crippen molar-refractivity contribution in [2.75, 3.05) is 12.4 Å². The van der Waals surface area contributed by atoms with Crippen LogP contribution in [-0.4, -0.2) is 23.0 Å². The van der Waals surface area contributed by atoms with Crippen molar-refractivity contribution in [2.24, 2.45) is 0 Å². The van der Waals surface area contributed by atoms with Gasteiger partial charge in [-0.25, -0.2) is 19.2 Å². The van der Waals surface area contributed by atoms with Gasteiger partial charge in [0.1, 0.15) is 11.6 Å². The fraction of sp³-hybridized carbons (Fsp3) is 0.167. The lowest BCUT2D eigenvalue weighted by atomic mass is 10.1. The minimum absolute atomic E-state index is 0.185. The summed E-state index contributed by atoms with van der Waals surface area (Å²) in [6.07, 6.45) is 0. The van der Waals surface area contributed by atoms with E-state index in [0.29, 0.717) is 16.9 Å². The Bertz CT molecular complexity index is 912. The molecule has 0 saturated heterocycles. The normalized spacial score (nSPS) is 10.6. The first-order valence-electron chi connectivity index (χ1n) is 7.42. The number of carbonyl (C=O) groups is 1. The van der Waals surface area contributed by atoms with Crippen LogP contribution in [0.4, 0.5) is 10.2 Å². The Hall–Kier alpha value is -3.02. The van der Waals surface area contributed by atoms with E-state index in [-0.39, 0.29) is 6.54 Å². The van der Waals surface area contributed by atoms with Crippen molar-refractivity contribution in [3.05, 3.63) is 65.1 Å². The Morgan fingerprint density at radius 1 is 1.17 bits per heavy atom. The van der Waals surface area contributed by atoms with Gasteiger partial charge in [0.2, 0.25) is 0 Å². The van der Waals surface area contributed by atoms with Gasteiger partial charge in [0.05, 0.1) is 29.4 Å². The van der Waals surface area contributed by atoms with Crippen molar-refractivity contribution in [2.45, 2.75) is 13.5 Å². The lowest BCUT2D eigenvalue weighted by molar-refractivity contribution is 0.0600. The average Bonchev–Trinajstić information content (AvgIpc) is 2.60. The highest BCUT2D eigenvalue weighted by molar-refractivity contribution is 5.89. The number of esters is 1. The van der Waals surface area contributed by atoms with Crippen molar-refractivity contribution < 1.29 is 13.9 Å². The van der Waals surface area contributed by atoms with Crippen molar-refractivity contribution >= 4 is 22.8 Å². The minimum Gasteiger partial charge on any atom is -0.465 e. The lowest BCUT2D eigenvalue weighted by Crippen LogP contribution is -2.08. The molecule has 0 bridgehead atoms. The van der Waals surface area contributed by atoms with E-state index < -0.39 is 11.8 Å². The van der Waals surface area contributed by atoms with Gasteiger partial charge in [0, 0.05) is 12.1 Å². The summed E-state index contributed by atoms with van der Waals surface area (Å²) < 4.78 is 18.6. The van der Waals surface area contributed by atoms with Crippen LogP contribution in [-0.2, 0) is 11.3 Å². The predicted molar refractivity (Wildman–Crippen MR) is 89.3 cm³/mol. The van der Waals surface area contributed by atoms with E-state index in [2.05, 4.69) is 20.0 Å². The standard InChI is InChI=1S/C18H16FN3O2/c1-11-17(22-16-6-4-3-5-15(16)21-11)20-10-13-9-12(18(23)24-2)7-8-14(13)19/h3-9H,10H2,1-2H3,(H,20,22). The van der Waals surface area contributed by atoms with Crippen molar-refractivity contribution in [3.63, 3.8) is 0 Å². The molecule has 0 fully saturated rings. The second-order valence-electron chi connectivity index (χ2n) is 5.30. The molecule has 3 aromatic rings. The van der Waals surface area contributed by atoms with E-state index in [0.717, 1.165) is 16.7 Å². The second kappa shape index (κ2) is 6.62. The highest BCUT2D eigenvalue weighted by Crippen LogP contribution is 2.18. The van der Waals surface area contributed by atoms with Crippen LogP contribution >= 0.6 is 0 Å². The molecule has 0 unspecified atom stereocenters. The van der Waals surface area contributed by atoms with Gasteiger partial charge in [-0.3, -0.25) is 0 Å². The van der Waals surface area contributed by atoms with Crippen LogP contribution in [0.5, 0.6) is 0 Å². The molecule has 0 atom stereocenters. The summed E-state index contributed by atoms with van der Waals surface area (Å²) in [5, 5.41) is 3.08. The number of nitrogens with zero attached hydrogens (tertiary/aromatic N) is 2. The van der Waals surface area contributed by atoms with E-state index in [1.54, 1.807) is 0 Å². The summed E-state index contributed by atoms with van der Waals surface area (Å²) in [6.45, 7) is 2.02. The van der Waals surface area contributed by atoms with Crippen LogP contribution in [0.3, 0.4) is 0 Å². The number of ether oxygens (including phenoxy) is 1. The number of aromatic nitrogens is 2. The zero-order valence-corrected chi connectivity index (χ0v) is 13.3. The number of hydrogen-bond acceptors (Lipinski definition) is 5. The quantitative estimate of drug-likeness (QED) is 0.744. The number of rotatable bonds is 4. The number of benzene rings is 2. The summed E-state index contributed by atoms with van der Waals surface area (Å²) in [5.74, 6) is -0.323. The van der Waals surface area contributed by atoms with Crippen LogP contribution in [0.1, 0.15) is 21.6 Å². The smallest absolute Gasteiger partial charge is 0.337 e. The summed E-state index contributed by atoms with van der Waals surface area (Å²) in [4.78, 5) is 20.5. The van der Waals surface area contributed by atoms with Crippen molar-refractivity contribution in [1.82, 2.24) is 9.97 Å². The molecule has 0 amide bonds. The molecule has 1 N–H and O–H groups in total. The summed E-state index contributed by atoms with van der Waals surface area (Å²) >= 11 is 0. The van der Waals surface area contributed by atoms with Gasteiger partial charge in [0.15, 0.2) is 0 Å². The number of carbonyl (C=O) groups excluding carboxylic acids is 1. The van der Waals surface area contributed by atoms with Gasteiger partial charge in [-0.15, -0.1) is 0 Å². The maximum Gasteiger partial charge on any atom is 0.337 e. The minimum atomic E-state index is -0.502. The third-order valence-electron chi connectivity index (χ3n) is 3.66. The number of hydrogen-bond donors (Lipinski definition) is 1. The molecule has 0 radical (unpaired) electrons. The molecule has 5 nitrogen and oxygen atoms in total. The molecule has 1 aromatic heterocycles. The van der Waals surface area contributed by atoms with Crippen molar-refractivity contribution in [3.8, 4) is 0 Å². The molecule has 1 heterocycles. The molecule has 6 heteroatoms. The number of para-hydroxylation sites is 2. The fourth-order valence-electron chi connectivity index (χ4n) is 2.39. The van der Waals surface area contributed by atoms with E-state index in [9.17, 15) is 9.18 Å². The van der Waals surface area contributed by atoms with Crippen LogP contribution in [0, 0.1) is 12.7 Å². The van der Waals surface area contributed by atoms with Gasteiger partial charge in [0.25, 0.3) is 0 Å². The van der Waals surface area contributed by atoms with E-state index in [4.69, 9.17) is 0 Å². The zero-order valence-electron chi connectivity index (χ0n) is 13.3. The third-order valence-corrected chi connectivity index (χ3v) is 3.66. The molecule has 0 spiro atoms. The highest BCUT2D eigenvalue weighted by Gasteiger charge is 2.11. The van der Waals surface area contributed by atoms with E-state index >= 15 is 0 Å². The molecular formula is C18H16FN3O2. The van der Waals surface area contributed by atoms with E-state index in [1.807, 2.05) is 31.2 Å².